The van der Waals surface area contributed by atoms with Crippen LogP contribution in [0, 0.1) is 13.8 Å². The Kier molecular flexibility index (Phi) is 5.43. The van der Waals surface area contributed by atoms with Crippen LogP contribution in [0.2, 0.25) is 0 Å². The third-order valence-electron chi connectivity index (χ3n) is 4.33. The van der Waals surface area contributed by atoms with Gasteiger partial charge in [-0.25, -0.2) is 13.4 Å². The van der Waals surface area contributed by atoms with E-state index in [1.54, 1.807) is 56.1 Å². The first-order chi connectivity index (χ1) is 13.3. The smallest absolute Gasteiger partial charge is 0.246 e. The highest BCUT2D eigenvalue weighted by atomic mass is 32.2. The number of nitrogens with zero attached hydrogens (tertiary/aromatic N) is 3. The van der Waals surface area contributed by atoms with E-state index in [9.17, 15) is 8.42 Å². The first-order valence-electron chi connectivity index (χ1n) is 8.42. The Balaban J connectivity index is 2.13. The number of aryl methyl sites for hydroxylation is 3. The molecule has 10 heteroatoms. The molecule has 0 aliphatic heterocycles. The highest BCUT2D eigenvalue weighted by Gasteiger charge is 2.30. The van der Waals surface area contributed by atoms with Crippen molar-refractivity contribution in [2.24, 2.45) is 7.05 Å². The zero-order chi connectivity index (χ0) is 20.5. The molecule has 0 radical (unpaired) electrons. The maximum atomic E-state index is 13.1. The van der Waals surface area contributed by atoms with E-state index >= 15 is 0 Å². The van der Waals surface area contributed by atoms with Crippen molar-refractivity contribution in [2.75, 3.05) is 14.2 Å². The predicted octanol–water partition coefficient (Wildman–Crippen LogP) is 2.11. The summed E-state index contributed by atoms with van der Waals surface area (Å²) >= 11 is 0. The molecular formula is C18H22N4O5S. The van der Waals surface area contributed by atoms with Gasteiger partial charge in [0.15, 0.2) is 5.76 Å². The molecule has 3 rings (SSSR count). The fourth-order valence-electron chi connectivity index (χ4n) is 2.99. The Hall–Kier alpha value is -2.85. The van der Waals surface area contributed by atoms with Crippen molar-refractivity contribution in [3.05, 3.63) is 53.4 Å². The summed E-state index contributed by atoms with van der Waals surface area (Å²) in [5.74, 6) is 1.78. The van der Waals surface area contributed by atoms with E-state index in [0.717, 1.165) is 0 Å². The topological polar surface area (TPSA) is 108 Å². The number of imidazole rings is 1. The Morgan fingerprint density at radius 3 is 2.25 bits per heavy atom. The van der Waals surface area contributed by atoms with Crippen LogP contribution in [0.1, 0.15) is 28.9 Å². The standard InChI is InChI=1S/C18H22N4O5S/c1-11-17(12(2)27-20-11)28(23,24)21-16(18-19-6-7-22(18)3)13-8-14(25-4)10-15(9-13)26-5/h6-10,16,21H,1-5H3/t16-/m1/s1. The van der Waals surface area contributed by atoms with Crippen LogP contribution in [0.15, 0.2) is 40.0 Å². The molecule has 3 aromatic rings. The minimum Gasteiger partial charge on any atom is -0.497 e. The van der Waals surface area contributed by atoms with Crippen molar-refractivity contribution in [1.82, 2.24) is 19.4 Å². The average Bonchev–Trinajstić information content (AvgIpc) is 3.24. The van der Waals surface area contributed by atoms with Gasteiger partial charge < -0.3 is 18.6 Å². The van der Waals surface area contributed by atoms with Gasteiger partial charge in [0.05, 0.1) is 14.2 Å². The van der Waals surface area contributed by atoms with Gasteiger partial charge in [0, 0.05) is 25.5 Å². The molecule has 0 bridgehead atoms. The van der Waals surface area contributed by atoms with Gasteiger partial charge in [0.1, 0.15) is 34.0 Å². The second-order valence-corrected chi connectivity index (χ2v) is 7.90. The fraction of sp³-hybridized carbons (Fsp3) is 0.333. The molecule has 9 nitrogen and oxygen atoms in total. The molecule has 0 amide bonds. The van der Waals surface area contributed by atoms with E-state index in [2.05, 4.69) is 14.9 Å². The van der Waals surface area contributed by atoms with Gasteiger partial charge in [-0.2, -0.15) is 4.72 Å². The zero-order valence-corrected chi connectivity index (χ0v) is 17.1. The van der Waals surface area contributed by atoms with E-state index in [-0.39, 0.29) is 16.3 Å². The van der Waals surface area contributed by atoms with E-state index < -0.39 is 16.1 Å². The highest BCUT2D eigenvalue weighted by molar-refractivity contribution is 7.89. The molecule has 28 heavy (non-hydrogen) atoms. The molecule has 1 aromatic carbocycles. The second-order valence-electron chi connectivity index (χ2n) is 6.25. The third kappa shape index (κ3) is 3.73. The minimum absolute atomic E-state index is 0.0153. The molecule has 2 heterocycles. The molecule has 0 aliphatic rings. The van der Waals surface area contributed by atoms with Crippen molar-refractivity contribution in [3.8, 4) is 11.5 Å². The van der Waals surface area contributed by atoms with E-state index in [1.165, 1.54) is 14.2 Å². The van der Waals surface area contributed by atoms with E-state index in [0.29, 0.717) is 22.9 Å². The summed E-state index contributed by atoms with van der Waals surface area (Å²) in [6.45, 7) is 3.13. The number of aromatic nitrogens is 3. The lowest BCUT2D eigenvalue weighted by Crippen LogP contribution is -2.31. The van der Waals surface area contributed by atoms with Gasteiger partial charge in [0.25, 0.3) is 0 Å². The van der Waals surface area contributed by atoms with Crippen molar-refractivity contribution in [2.45, 2.75) is 24.8 Å². The van der Waals surface area contributed by atoms with Gasteiger partial charge in [-0.3, -0.25) is 0 Å². The summed E-state index contributed by atoms with van der Waals surface area (Å²) < 4.78 is 46.4. The molecule has 0 fully saturated rings. The van der Waals surface area contributed by atoms with Crippen LogP contribution in [0.25, 0.3) is 0 Å². The van der Waals surface area contributed by atoms with E-state index in [4.69, 9.17) is 14.0 Å². The number of sulfonamides is 1. The minimum atomic E-state index is -3.95. The third-order valence-corrected chi connectivity index (χ3v) is 6.00. The van der Waals surface area contributed by atoms with Gasteiger partial charge in [-0.1, -0.05) is 5.16 Å². The van der Waals surface area contributed by atoms with Crippen LogP contribution in [-0.4, -0.2) is 37.3 Å². The normalized spacial score (nSPS) is 12.8. The van der Waals surface area contributed by atoms with Crippen LogP contribution >= 0.6 is 0 Å². The molecule has 0 saturated carbocycles. The lowest BCUT2D eigenvalue weighted by Gasteiger charge is -2.20. The maximum absolute atomic E-state index is 13.1. The Labute approximate surface area is 163 Å². The Morgan fingerprint density at radius 1 is 1.14 bits per heavy atom. The number of hydrogen-bond donors (Lipinski definition) is 1. The van der Waals surface area contributed by atoms with Crippen molar-refractivity contribution >= 4 is 10.0 Å². The van der Waals surface area contributed by atoms with Crippen LogP contribution in [0.3, 0.4) is 0 Å². The van der Waals surface area contributed by atoms with Gasteiger partial charge in [0.2, 0.25) is 10.0 Å². The zero-order valence-electron chi connectivity index (χ0n) is 16.3. The Bertz CT molecular complexity index is 1050. The molecule has 0 unspecified atom stereocenters. The highest BCUT2D eigenvalue weighted by Crippen LogP contribution is 2.31. The summed E-state index contributed by atoms with van der Waals surface area (Å²) in [7, 11) is 0.900. The molecule has 150 valence electrons. The lowest BCUT2D eigenvalue weighted by molar-refractivity contribution is 0.390. The summed E-state index contributed by atoms with van der Waals surface area (Å²) in [6.07, 6.45) is 3.34. The number of benzene rings is 1. The molecule has 2 aromatic heterocycles. The maximum Gasteiger partial charge on any atom is 0.246 e. The fourth-order valence-corrected chi connectivity index (χ4v) is 4.51. The first-order valence-corrected chi connectivity index (χ1v) is 9.90. The first kappa shape index (κ1) is 19.9. The van der Waals surface area contributed by atoms with Crippen LogP contribution in [-0.2, 0) is 17.1 Å². The van der Waals surface area contributed by atoms with Crippen molar-refractivity contribution in [3.63, 3.8) is 0 Å². The number of ether oxygens (including phenoxy) is 2. The quantitative estimate of drug-likeness (QED) is 0.640. The predicted molar refractivity (Wildman–Crippen MR) is 101 cm³/mol. The molecule has 1 atom stereocenters. The van der Waals surface area contributed by atoms with Gasteiger partial charge in [-0.05, 0) is 31.5 Å². The number of rotatable bonds is 7. The molecule has 1 N–H and O–H groups in total. The number of hydrogen-bond acceptors (Lipinski definition) is 7. The van der Waals surface area contributed by atoms with Crippen molar-refractivity contribution < 1.29 is 22.4 Å². The SMILES string of the molecule is COc1cc(OC)cc([C@@H](NS(=O)(=O)c2c(C)noc2C)c2nccn2C)c1. The summed E-state index contributed by atoms with van der Waals surface area (Å²) in [6, 6.07) is 4.39. The monoisotopic (exact) mass is 406 g/mol. The second kappa shape index (κ2) is 7.64. The summed E-state index contributed by atoms with van der Waals surface area (Å²) in [5.41, 5.74) is 0.896. The Morgan fingerprint density at radius 2 is 1.79 bits per heavy atom. The van der Waals surface area contributed by atoms with Crippen LogP contribution in [0.4, 0.5) is 0 Å². The van der Waals surface area contributed by atoms with Crippen LogP contribution in [0.5, 0.6) is 11.5 Å². The lowest BCUT2D eigenvalue weighted by atomic mass is 10.1. The molecule has 0 spiro atoms. The molecular weight excluding hydrogens is 384 g/mol. The largest absolute Gasteiger partial charge is 0.497 e. The van der Waals surface area contributed by atoms with E-state index in [1.807, 2.05) is 0 Å². The summed E-state index contributed by atoms with van der Waals surface area (Å²) in [4.78, 5) is 4.34. The van der Waals surface area contributed by atoms with Gasteiger partial charge in [-0.15, -0.1) is 0 Å². The van der Waals surface area contributed by atoms with Crippen LogP contribution < -0.4 is 14.2 Å². The average molecular weight is 406 g/mol. The molecule has 0 saturated heterocycles. The van der Waals surface area contributed by atoms with Gasteiger partial charge >= 0.3 is 0 Å². The van der Waals surface area contributed by atoms with Crippen molar-refractivity contribution in [1.29, 1.82) is 0 Å². The summed E-state index contributed by atoms with van der Waals surface area (Å²) in [5, 5.41) is 3.74. The number of nitrogens with one attached hydrogen (secondary N) is 1. The number of methoxy groups -OCH3 is 2. The molecule has 0 aliphatic carbocycles.